The van der Waals surface area contributed by atoms with Gasteiger partial charge >= 0.3 is 0 Å². The van der Waals surface area contributed by atoms with Crippen LogP contribution in [0.4, 0.5) is 4.39 Å². The summed E-state index contributed by atoms with van der Waals surface area (Å²) in [4.78, 5) is 0. The van der Waals surface area contributed by atoms with Gasteiger partial charge in [0.1, 0.15) is 5.82 Å². The molecule has 1 rings (SSSR count). The molecule has 1 N–H and O–H groups in total. The molecule has 1 aromatic carbocycles. The molecule has 0 aliphatic heterocycles. The van der Waals surface area contributed by atoms with Crippen LogP contribution in [0, 0.1) is 18.2 Å². The Morgan fingerprint density at radius 2 is 2.29 bits per heavy atom. The van der Waals surface area contributed by atoms with Gasteiger partial charge in [0.05, 0.1) is 11.1 Å². The number of halogens is 2. The van der Waals surface area contributed by atoms with Crippen molar-refractivity contribution in [3.05, 3.63) is 34.6 Å². The van der Waals surface area contributed by atoms with E-state index in [0.29, 0.717) is 18.4 Å². The predicted molar refractivity (Wildman–Crippen MR) is 54.4 cm³/mol. The Morgan fingerprint density at radius 1 is 1.57 bits per heavy atom. The lowest BCUT2D eigenvalue weighted by atomic mass is 10.1. The minimum Gasteiger partial charge on any atom is -0.388 e. The molecule has 0 fully saturated rings. The van der Waals surface area contributed by atoms with E-state index in [4.69, 9.17) is 18.0 Å². The first-order valence-corrected chi connectivity index (χ1v) is 4.59. The van der Waals surface area contributed by atoms with Crippen molar-refractivity contribution in [1.82, 2.24) is 0 Å². The lowest BCUT2D eigenvalue weighted by Gasteiger charge is -2.09. The molecule has 0 amide bonds. The number of terminal acetylenes is 1. The van der Waals surface area contributed by atoms with E-state index < -0.39 is 11.9 Å². The minimum absolute atomic E-state index is 0.0160. The van der Waals surface area contributed by atoms with Crippen LogP contribution in [0.1, 0.15) is 24.5 Å². The summed E-state index contributed by atoms with van der Waals surface area (Å²) in [7, 11) is 0. The van der Waals surface area contributed by atoms with Crippen LogP contribution in [0.25, 0.3) is 0 Å². The third-order valence-corrected chi connectivity index (χ3v) is 2.18. The monoisotopic (exact) mass is 212 g/mol. The van der Waals surface area contributed by atoms with E-state index in [-0.39, 0.29) is 5.02 Å². The summed E-state index contributed by atoms with van der Waals surface area (Å²) in [6.07, 6.45) is 5.32. The maximum absolute atomic E-state index is 12.8. The Kier molecular flexibility index (Phi) is 3.94. The molecule has 0 radical (unpaired) electrons. The molecular formula is C11H10ClFO. The Labute approximate surface area is 87.5 Å². The minimum atomic E-state index is -0.677. The van der Waals surface area contributed by atoms with E-state index in [0.717, 1.165) is 0 Å². The topological polar surface area (TPSA) is 20.2 Å². The van der Waals surface area contributed by atoms with Crippen LogP contribution in [0.15, 0.2) is 18.2 Å². The standard InChI is InChI=1S/C11H10ClFO/c1-2-3-4-11(14)8-5-6-10(13)9(12)7-8/h1,5-7,11,14H,3-4H2. The predicted octanol–water partition coefficient (Wildman–Crippen LogP) is 2.93. The van der Waals surface area contributed by atoms with Crippen molar-refractivity contribution in [2.24, 2.45) is 0 Å². The Balaban J connectivity index is 2.76. The third-order valence-electron chi connectivity index (χ3n) is 1.89. The molecule has 0 aliphatic rings. The summed E-state index contributed by atoms with van der Waals surface area (Å²) in [5, 5.41) is 9.61. The second-order valence-electron chi connectivity index (χ2n) is 2.93. The van der Waals surface area contributed by atoms with Gasteiger partial charge in [-0.2, -0.15) is 0 Å². The van der Waals surface area contributed by atoms with Crippen molar-refractivity contribution >= 4 is 11.6 Å². The van der Waals surface area contributed by atoms with Gasteiger partial charge in [-0.1, -0.05) is 17.7 Å². The number of aliphatic hydroxyl groups is 1. The fourth-order valence-corrected chi connectivity index (χ4v) is 1.30. The van der Waals surface area contributed by atoms with Gasteiger partial charge in [0.25, 0.3) is 0 Å². The second kappa shape index (κ2) is 4.99. The number of aliphatic hydroxyl groups excluding tert-OH is 1. The van der Waals surface area contributed by atoms with Crippen LogP contribution < -0.4 is 0 Å². The van der Waals surface area contributed by atoms with E-state index in [9.17, 15) is 9.50 Å². The van der Waals surface area contributed by atoms with Crippen molar-refractivity contribution in [3.63, 3.8) is 0 Å². The first-order chi connectivity index (χ1) is 6.65. The summed E-state index contributed by atoms with van der Waals surface area (Å²) in [6, 6.07) is 4.15. The smallest absolute Gasteiger partial charge is 0.141 e. The van der Waals surface area contributed by atoms with E-state index >= 15 is 0 Å². The quantitative estimate of drug-likeness (QED) is 0.764. The van der Waals surface area contributed by atoms with Gasteiger partial charge in [-0.3, -0.25) is 0 Å². The lowest BCUT2D eigenvalue weighted by Crippen LogP contribution is -1.97. The molecule has 0 bridgehead atoms. The Morgan fingerprint density at radius 3 is 2.86 bits per heavy atom. The lowest BCUT2D eigenvalue weighted by molar-refractivity contribution is 0.169. The molecule has 74 valence electrons. The number of rotatable bonds is 3. The maximum atomic E-state index is 12.8. The molecule has 0 spiro atoms. The van der Waals surface area contributed by atoms with E-state index in [1.54, 1.807) is 0 Å². The number of hydrogen-bond donors (Lipinski definition) is 1. The van der Waals surface area contributed by atoms with Crippen molar-refractivity contribution in [1.29, 1.82) is 0 Å². The molecule has 1 atom stereocenters. The molecule has 3 heteroatoms. The molecule has 1 aromatic rings. The van der Waals surface area contributed by atoms with Gasteiger partial charge in [-0.15, -0.1) is 12.3 Å². The largest absolute Gasteiger partial charge is 0.388 e. The van der Waals surface area contributed by atoms with Crippen molar-refractivity contribution in [3.8, 4) is 12.3 Å². The highest BCUT2D eigenvalue weighted by molar-refractivity contribution is 6.30. The van der Waals surface area contributed by atoms with Crippen LogP contribution >= 0.6 is 11.6 Å². The zero-order valence-corrected chi connectivity index (χ0v) is 8.26. The summed E-state index contributed by atoms with van der Waals surface area (Å²) in [5.74, 6) is 1.94. The average Bonchev–Trinajstić information content (AvgIpc) is 2.18. The Hall–Kier alpha value is -1.04. The van der Waals surface area contributed by atoms with Gasteiger partial charge in [-0.25, -0.2) is 4.39 Å². The van der Waals surface area contributed by atoms with Gasteiger partial charge in [0.15, 0.2) is 0 Å². The molecule has 0 aliphatic carbocycles. The van der Waals surface area contributed by atoms with Gasteiger partial charge in [0, 0.05) is 6.42 Å². The molecule has 1 unspecified atom stereocenters. The van der Waals surface area contributed by atoms with Crippen molar-refractivity contribution in [2.75, 3.05) is 0 Å². The van der Waals surface area contributed by atoms with E-state index in [1.165, 1.54) is 18.2 Å². The SMILES string of the molecule is C#CCCC(O)c1ccc(F)c(Cl)c1. The molecule has 0 aromatic heterocycles. The first-order valence-electron chi connectivity index (χ1n) is 4.21. The van der Waals surface area contributed by atoms with Crippen LogP contribution in [0.2, 0.25) is 5.02 Å². The molecule has 0 saturated carbocycles. The average molecular weight is 213 g/mol. The fourth-order valence-electron chi connectivity index (χ4n) is 1.11. The third kappa shape index (κ3) is 2.73. The molecular weight excluding hydrogens is 203 g/mol. The highest BCUT2D eigenvalue weighted by Gasteiger charge is 2.08. The normalized spacial score (nSPS) is 12.1. The maximum Gasteiger partial charge on any atom is 0.141 e. The Bertz CT molecular complexity index is 357. The van der Waals surface area contributed by atoms with E-state index in [1.807, 2.05) is 0 Å². The van der Waals surface area contributed by atoms with Gasteiger partial charge in [0.2, 0.25) is 0 Å². The van der Waals surface area contributed by atoms with Crippen LogP contribution in [0.3, 0.4) is 0 Å². The molecule has 0 saturated heterocycles. The van der Waals surface area contributed by atoms with Crippen LogP contribution in [0.5, 0.6) is 0 Å². The highest BCUT2D eigenvalue weighted by Crippen LogP contribution is 2.23. The zero-order chi connectivity index (χ0) is 10.6. The van der Waals surface area contributed by atoms with Crippen molar-refractivity contribution in [2.45, 2.75) is 18.9 Å². The molecule has 14 heavy (non-hydrogen) atoms. The van der Waals surface area contributed by atoms with E-state index in [2.05, 4.69) is 5.92 Å². The first kappa shape index (κ1) is 11.0. The van der Waals surface area contributed by atoms with Crippen LogP contribution in [-0.4, -0.2) is 5.11 Å². The van der Waals surface area contributed by atoms with Crippen LogP contribution in [-0.2, 0) is 0 Å². The summed E-state index contributed by atoms with van der Waals surface area (Å²) >= 11 is 5.57. The summed E-state index contributed by atoms with van der Waals surface area (Å²) < 4.78 is 12.8. The van der Waals surface area contributed by atoms with Crippen molar-refractivity contribution < 1.29 is 9.50 Å². The number of hydrogen-bond acceptors (Lipinski definition) is 1. The highest BCUT2D eigenvalue weighted by atomic mass is 35.5. The summed E-state index contributed by atoms with van der Waals surface area (Å²) in [5.41, 5.74) is 0.589. The van der Waals surface area contributed by atoms with Gasteiger partial charge in [-0.05, 0) is 24.1 Å². The molecule has 0 heterocycles. The number of benzene rings is 1. The zero-order valence-electron chi connectivity index (χ0n) is 7.50. The second-order valence-corrected chi connectivity index (χ2v) is 3.34. The van der Waals surface area contributed by atoms with Gasteiger partial charge < -0.3 is 5.11 Å². The fraction of sp³-hybridized carbons (Fsp3) is 0.273. The summed E-state index contributed by atoms with van der Waals surface area (Å²) in [6.45, 7) is 0. The molecule has 1 nitrogen and oxygen atoms in total.